The normalized spacial score (nSPS) is 19.4. The Morgan fingerprint density at radius 3 is 2.48 bits per heavy atom. The average molecular weight is 444 g/mol. The van der Waals surface area contributed by atoms with Gasteiger partial charge in [0.2, 0.25) is 5.91 Å². The minimum Gasteiger partial charge on any atom is -0.475 e. The molecule has 1 aromatic carbocycles. The second-order valence-corrected chi connectivity index (χ2v) is 8.11. The number of halogens is 3. The number of nitrogens with one attached hydrogen (secondary N) is 1. The Morgan fingerprint density at radius 1 is 1.29 bits per heavy atom. The predicted molar refractivity (Wildman–Crippen MR) is 107 cm³/mol. The van der Waals surface area contributed by atoms with Crippen LogP contribution < -0.4 is 10.2 Å². The zero-order chi connectivity index (χ0) is 22.6. The number of anilines is 2. The van der Waals surface area contributed by atoms with Gasteiger partial charge >= 0.3 is 12.1 Å². The van der Waals surface area contributed by atoms with Crippen molar-refractivity contribution in [2.24, 2.45) is 5.92 Å². The average Bonchev–Trinajstić information content (AvgIpc) is 3.53. The molecule has 0 bridgehead atoms. The molecule has 10 heteroatoms. The van der Waals surface area contributed by atoms with Gasteiger partial charge in [0.25, 0.3) is 0 Å². The summed E-state index contributed by atoms with van der Waals surface area (Å²) in [5.41, 5.74) is 3.75. The fourth-order valence-corrected chi connectivity index (χ4v) is 4.03. The van der Waals surface area contributed by atoms with E-state index in [0.717, 1.165) is 64.3 Å². The molecule has 0 aromatic heterocycles. The van der Waals surface area contributed by atoms with Crippen molar-refractivity contribution in [2.45, 2.75) is 37.3 Å². The summed E-state index contributed by atoms with van der Waals surface area (Å²) in [5.74, 6) is -2.36. The number of nitrogens with zero attached hydrogens (tertiary/aromatic N) is 1. The van der Waals surface area contributed by atoms with Gasteiger partial charge in [0.1, 0.15) is 0 Å². The highest BCUT2D eigenvalue weighted by atomic mass is 19.4. The van der Waals surface area contributed by atoms with Crippen molar-refractivity contribution in [3.05, 3.63) is 23.8 Å². The molecule has 1 aliphatic carbocycles. The molecule has 1 saturated carbocycles. The molecule has 0 atom stereocenters. The number of methoxy groups -OCH3 is 1. The lowest BCUT2D eigenvalue weighted by atomic mass is 9.76. The van der Waals surface area contributed by atoms with Crippen LogP contribution in [0.4, 0.5) is 24.5 Å². The first-order valence-electron chi connectivity index (χ1n) is 10.2. The summed E-state index contributed by atoms with van der Waals surface area (Å²) in [4.78, 5) is 23.4. The molecule has 2 fully saturated rings. The minimum atomic E-state index is -5.08. The lowest BCUT2D eigenvalue weighted by molar-refractivity contribution is -0.192. The van der Waals surface area contributed by atoms with Crippen LogP contribution in [0, 0.1) is 5.92 Å². The van der Waals surface area contributed by atoms with Crippen molar-refractivity contribution in [1.82, 2.24) is 0 Å². The largest absolute Gasteiger partial charge is 0.490 e. The highest BCUT2D eigenvalue weighted by Gasteiger charge is 2.44. The SMILES string of the molecule is COCCN1CC2(CCOCC2)c2cc(NC(=O)C3CC3)ccc21.O=C(O)C(F)(F)F. The van der Waals surface area contributed by atoms with Crippen molar-refractivity contribution < 1.29 is 37.3 Å². The van der Waals surface area contributed by atoms with Crippen molar-refractivity contribution in [3.63, 3.8) is 0 Å². The Kier molecular flexibility index (Phi) is 7.10. The Labute approximate surface area is 178 Å². The summed E-state index contributed by atoms with van der Waals surface area (Å²) < 4.78 is 42.6. The summed E-state index contributed by atoms with van der Waals surface area (Å²) in [6, 6.07) is 6.41. The second-order valence-electron chi connectivity index (χ2n) is 8.11. The van der Waals surface area contributed by atoms with E-state index in [0.29, 0.717) is 0 Å². The van der Waals surface area contributed by atoms with Crippen molar-refractivity contribution >= 4 is 23.3 Å². The molecule has 3 aliphatic rings. The summed E-state index contributed by atoms with van der Waals surface area (Å²) in [7, 11) is 1.75. The quantitative estimate of drug-likeness (QED) is 0.725. The molecule has 1 amide bonds. The number of amides is 1. The number of carbonyl (C=O) groups is 2. The number of aliphatic carboxylic acids is 1. The van der Waals surface area contributed by atoms with Gasteiger partial charge < -0.3 is 24.8 Å². The van der Waals surface area contributed by atoms with E-state index in [1.54, 1.807) is 7.11 Å². The van der Waals surface area contributed by atoms with Crippen molar-refractivity contribution in [3.8, 4) is 0 Å². The van der Waals surface area contributed by atoms with Gasteiger partial charge in [-0.1, -0.05) is 0 Å². The first-order chi connectivity index (χ1) is 14.7. The number of carbonyl (C=O) groups excluding carboxylic acids is 1. The van der Waals surface area contributed by atoms with E-state index in [4.69, 9.17) is 19.4 Å². The van der Waals surface area contributed by atoms with Crippen molar-refractivity contribution in [2.75, 3.05) is 50.2 Å². The Morgan fingerprint density at radius 2 is 1.94 bits per heavy atom. The zero-order valence-electron chi connectivity index (χ0n) is 17.3. The van der Waals surface area contributed by atoms with E-state index in [-0.39, 0.29) is 17.2 Å². The van der Waals surface area contributed by atoms with E-state index in [1.807, 2.05) is 6.07 Å². The third-order valence-corrected chi connectivity index (χ3v) is 5.88. The summed E-state index contributed by atoms with van der Waals surface area (Å²) in [5, 5.41) is 10.2. The summed E-state index contributed by atoms with van der Waals surface area (Å²) in [6.07, 6.45) is -0.932. The van der Waals surface area contributed by atoms with Crippen LogP contribution in [0.1, 0.15) is 31.2 Å². The lowest BCUT2D eigenvalue weighted by Gasteiger charge is -2.34. The van der Waals surface area contributed by atoms with Crippen LogP contribution in [-0.4, -0.2) is 63.2 Å². The fourth-order valence-electron chi connectivity index (χ4n) is 4.03. The van der Waals surface area contributed by atoms with Gasteiger partial charge in [-0.05, 0) is 49.4 Å². The first kappa shape index (κ1) is 23.3. The smallest absolute Gasteiger partial charge is 0.475 e. The summed E-state index contributed by atoms with van der Waals surface area (Å²) >= 11 is 0. The maximum absolute atomic E-state index is 12.1. The van der Waals surface area contributed by atoms with Gasteiger partial charge in [0.05, 0.1) is 6.61 Å². The van der Waals surface area contributed by atoms with Crippen LogP contribution in [0.5, 0.6) is 0 Å². The first-order valence-corrected chi connectivity index (χ1v) is 10.2. The second kappa shape index (κ2) is 9.44. The van der Waals surface area contributed by atoms with Gasteiger partial charge in [-0.2, -0.15) is 13.2 Å². The third-order valence-electron chi connectivity index (χ3n) is 5.88. The monoisotopic (exact) mass is 444 g/mol. The molecule has 2 aliphatic heterocycles. The van der Waals surface area contributed by atoms with Gasteiger partial charge in [0.15, 0.2) is 0 Å². The standard InChI is InChI=1S/C19H26N2O3.C2HF3O2/c1-23-11-8-21-13-19(6-9-24-10-7-19)16-12-15(4-5-17(16)21)20-18(22)14-2-3-14;3-2(4,5)1(6)7/h4-5,12,14H,2-3,6-11,13H2,1H3,(H,20,22);(H,6,7). The maximum atomic E-state index is 12.1. The lowest BCUT2D eigenvalue weighted by Crippen LogP contribution is -2.39. The number of carboxylic acids is 1. The molecule has 31 heavy (non-hydrogen) atoms. The molecule has 7 nitrogen and oxygen atoms in total. The third kappa shape index (κ3) is 5.68. The number of rotatable bonds is 5. The highest BCUT2D eigenvalue weighted by Crippen LogP contribution is 2.47. The Bertz CT molecular complexity index is 805. The van der Waals surface area contributed by atoms with Crippen molar-refractivity contribution in [1.29, 1.82) is 0 Å². The molecule has 2 heterocycles. The number of hydrogen-bond acceptors (Lipinski definition) is 5. The molecule has 1 saturated heterocycles. The van der Waals surface area contributed by atoms with Gasteiger partial charge in [-0.3, -0.25) is 4.79 Å². The highest BCUT2D eigenvalue weighted by molar-refractivity contribution is 5.94. The van der Waals surface area contributed by atoms with E-state index < -0.39 is 12.1 Å². The Balaban J connectivity index is 0.000000339. The van der Waals surface area contributed by atoms with E-state index in [2.05, 4.69) is 22.3 Å². The number of carboxylic acid groups (broad SMARTS) is 1. The van der Waals surface area contributed by atoms with Crippen LogP contribution in [-0.2, 0) is 24.5 Å². The van der Waals surface area contributed by atoms with E-state index in [9.17, 15) is 18.0 Å². The topological polar surface area (TPSA) is 88.1 Å². The van der Waals surface area contributed by atoms with Crippen LogP contribution in [0.15, 0.2) is 18.2 Å². The van der Waals surface area contributed by atoms with Gasteiger partial charge in [0, 0.05) is 56.1 Å². The maximum Gasteiger partial charge on any atom is 0.490 e. The van der Waals surface area contributed by atoms with Crippen LogP contribution >= 0.6 is 0 Å². The molecule has 172 valence electrons. The molecule has 1 aromatic rings. The van der Waals surface area contributed by atoms with Gasteiger partial charge in [-0.25, -0.2) is 4.79 Å². The molecule has 2 N–H and O–H groups in total. The molecule has 4 rings (SSSR count). The molecule has 0 unspecified atom stereocenters. The number of hydrogen-bond donors (Lipinski definition) is 2. The summed E-state index contributed by atoms with van der Waals surface area (Å²) in [6.45, 7) is 4.29. The molecule has 1 spiro atoms. The van der Waals surface area contributed by atoms with Crippen LogP contribution in [0.2, 0.25) is 0 Å². The molecule has 0 radical (unpaired) electrons. The van der Waals surface area contributed by atoms with Gasteiger partial charge in [-0.15, -0.1) is 0 Å². The zero-order valence-corrected chi connectivity index (χ0v) is 17.3. The number of ether oxygens (including phenoxy) is 2. The number of fused-ring (bicyclic) bond motifs is 2. The predicted octanol–water partition coefficient (Wildman–Crippen LogP) is 3.18. The molecular formula is C21H27F3N2O5. The van der Waals surface area contributed by atoms with Crippen LogP contribution in [0.25, 0.3) is 0 Å². The Hall–Kier alpha value is -2.33. The number of alkyl halides is 3. The van der Waals surface area contributed by atoms with Crippen LogP contribution in [0.3, 0.4) is 0 Å². The van der Waals surface area contributed by atoms with E-state index >= 15 is 0 Å². The van der Waals surface area contributed by atoms with E-state index in [1.165, 1.54) is 11.3 Å². The number of benzene rings is 1. The minimum absolute atomic E-state index is 0.154. The fraction of sp³-hybridized carbons (Fsp3) is 0.619. The molecular weight excluding hydrogens is 417 g/mol.